The van der Waals surface area contributed by atoms with Crippen molar-refractivity contribution in [1.82, 2.24) is 0 Å². The van der Waals surface area contributed by atoms with E-state index in [1.165, 1.54) is 11.1 Å². The SMILES string of the molecule is Cc1ccc(N(c2ccc(C)cc2)c2ccccc2N)cc1. The van der Waals surface area contributed by atoms with E-state index in [2.05, 4.69) is 73.3 Å². The Labute approximate surface area is 131 Å². The average molecular weight is 288 g/mol. The minimum Gasteiger partial charge on any atom is -0.397 e. The number of para-hydroxylation sites is 2. The van der Waals surface area contributed by atoms with E-state index in [0.717, 1.165) is 22.7 Å². The molecule has 3 rings (SSSR count). The van der Waals surface area contributed by atoms with Crippen LogP contribution in [0.3, 0.4) is 0 Å². The zero-order valence-electron chi connectivity index (χ0n) is 13.0. The van der Waals surface area contributed by atoms with Crippen LogP contribution in [-0.2, 0) is 0 Å². The van der Waals surface area contributed by atoms with Crippen LogP contribution in [0.15, 0.2) is 72.8 Å². The van der Waals surface area contributed by atoms with Gasteiger partial charge in [-0.25, -0.2) is 0 Å². The first-order valence-electron chi connectivity index (χ1n) is 7.43. The molecule has 0 unspecified atom stereocenters. The fourth-order valence-electron chi connectivity index (χ4n) is 2.51. The molecule has 0 saturated carbocycles. The third-order valence-electron chi connectivity index (χ3n) is 3.76. The first-order chi connectivity index (χ1) is 10.6. The molecular formula is C20H20N2. The molecule has 0 spiro atoms. The Hall–Kier alpha value is -2.74. The van der Waals surface area contributed by atoms with Gasteiger partial charge in [0.2, 0.25) is 0 Å². The minimum atomic E-state index is 0.767. The van der Waals surface area contributed by atoms with E-state index in [9.17, 15) is 0 Å². The molecule has 0 bridgehead atoms. The highest BCUT2D eigenvalue weighted by Gasteiger charge is 2.14. The molecule has 110 valence electrons. The highest BCUT2D eigenvalue weighted by molar-refractivity contribution is 5.83. The molecule has 0 aliphatic heterocycles. The van der Waals surface area contributed by atoms with Crippen LogP contribution >= 0.6 is 0 Å². The summed E-state index contributed by atoms with van der Waals surface area (Å²) in [5.74, 6) is 0. The molecule has 0 aliphatic carbocycles. The maximum absolute atomic E-state index is 6.21. The van der Waals surface area contributed by atoms with Crippen LogP contribution in [0.25, 0.3) is 0 Å². The Bertz CT molecular complexity index is 713. The molecule has 2 N–H and O–H groups in total. The number of nitrogens with two attached hydrogens (primary N) is 1. The van der Waals surface area contributed by atoms with Crippen LogP contribution in [0.2, 0.25) is 0 Å². The number of hydrogen-bond donors (Lipinski definition) is 1. The Balaban J connectivity index is 2.16. The van der Waals surface area contributed by atoms with E-state index in [1.807, 2.05) is 18.2 Å². The Morgan fingerprint density at radius 3 is 1.55 bits per heavy atom. The topological polar surface area (TPSA) is 29.3 Å². The molecule has 2 heteroatoms. The van der Waals surface area contributed by atoms with Gasteiger partial charge in [-0.15, -0.1) is 0 Å². The smallest absolute Gasteiger partial charge is 0.0691 e. The number of nitrogen functional groups attached to an aromatic ring is 1. The Kier molecular flexibility index (Phi) is 3.84. The van der Waals surface area contributed by atoms with E-state index in [4.69, 9.17) is 5.73 Å². The highest BCUT2D eigenvalue weighted by Crippen LogP contribution is 2.37. The van der Waals surface area contributed by atoms with Crippen molar-refractivity contribution in [3.05, 3.63) is 83.9 Å². The van der Waals surface area contributed by atoms with Gasteiger partial charge in [-0.1, -0.05) is 47.5 Å². The van der Waals surface area contributed by atoms with Crippen molar-refractivity contribution in [2.24, 2.45) is 0 Å². The molecule has 0 atom stereocenters. The second-order valence-corrected chi connectivity index (χ2v) is 5.57. The van der Waals surface area contributed by atoms with Crippen LogP contribution < -0.4 is 10.6 Å². The van der Waals surface area contributed by atoms with Gasteiger partial charge >= 0.3 is 0 Å². The first-order valence-corrected chi connectivity index (χ1v) is 7.43. The summed E-state index contributed by atoms with van der Waals surface area (Å²) < 4.78 is 0. The average Bonchev–Trinajstić information content (AvgIpc) is 2.53. The van der Waals surface area contributed by atoms with Crippen molar-refractivity contribution >= 4 is 22.7 Å². The molecule has 0 radical (unpaired) electrons. The number of aryl methyl sites for hydroxylation is 2. The predicted molar refractivity (Wildman–Crippen MR) is 95.0 cm³/mol. The highest BCUT2D eigenvalue weighted by atomic mass is 15.1. The maximum atomic E-state index is 6.21. The number of rotatable bonds is 3. The molecular weight excluding hydrogens is 268 g/mol. The van der Waals surface area contributed by atoms with E-state index < -0.39 is 0 Å². The maximum Gasteiger partial charge on any atom is 0.0691 e. The van der Waals surface area contributed by atoms with Crippen LogP contribution in [0.4, 0.5) is 22.7 Å². The zero-order chi connectivity index (χ0) is 15.5. The lowest BCUT2D eigenvalue weighted by molar-refractivity contribution is 1.27. The Morgan fingerprint density at radius 2 is 1.09 bits per heavy atom. The number of nitrogens with zero attached hydrogens (tertiary/aromatic N) is 1. The van der Waals surface area contributed by atoms with Gasteiger partial charge in [-0.05, 0) is 50.2 Å². The zero-order valence-corrected chi connectivity index (χ0v) is 13.0. The van der Waals surface area contributed by atoms with Gasteiger partial charge in [0.1, 0.15) is 0 Å². The summed E-state index contributed by atoms with van der Waals surface area (Å²) in [6, 6.07) is 24.9. The fraction of sp³-hybridized carbons (Fsp3) is 0.100. The van der Waals surface area contributed by atoms with Crippen LogP contribution in [0, 0.1) is 13.8 Å². The normalized spacial score (nSPS) is 10.5. The lowest BCUT2D eigenvalue weighted by Crippen LogP contribution is -2.11. The summed E-state index contributed by atoms with van der Waals surface area (Å²) in [5, 5.41) is 0. The summed E-state index contributed by atoms with van der Waals surface area (Å²) in [5.41, 5.74) is 12.7. The monoisotopic (exact) mass is 288 g/mol. The lowest BCUT2D eigenvalue weighted by atomic mass is 10.1. The summed E-state index contributed by atoms with van der Waals surface area (Å²) in [7, 11) is 0. The number of hydrogen-bond acceptors (Lipinski definition) is 2. The molecule has 0 heterocycles. The van der Waals surface area contributed by atoms with Gasteiger partial charge in [-0.2, -0.15) is 0 Å². The summed E-state index contributed by atoms with van der Waals surface area (Å²) in [4.78, 5) is 2.19. The van der Waals surface area contributed by atoms with E-state index in [0.29, 0.717) is 0 Å². The summed E-state index contributed by atoms with van der Waals surface area (Å²) >= 11 is 0. The Morgan fingerprint density at radius 1 is 0.636 bits per heavy atom. The standard InChI is InChI=1S/C20H20N2/c1-15-7-11-17(12-8-15)22(18-13-9-16(2)10-14-18)20-6-4-3-5-19(20)21/h3-14H,21H2,1-2H3. The number of benzene rings is 3. The van der Waals surface area contributed by atoms with Crippen molar-refractivity contribution in [2.75, 3.05) is 10.6 Å². The van der Waals surface area contributed by atoms with E-state index in [1.54, 1.807) is 0 Å². The molecule has 22 heavy (non-hydrogen) atoms. The molecule has 3 aromatic rings. The fourth-order valence-corrected chi connectivity index (χ4v) is 2.51. The molecule has 0 aromatic heterocycles. The third kappa shape index (κ3) is 2.82. The molecule has 0 amide bonds. The van der Waals surface area contributed by atoms with E-state index in [-0.39, 0.29) is 0 Å². The van der Waals surface area contributed by atoms with Crippen LogP contribution in [0.1, 0.15) is 11.1 Å². The van der Waals surface area contributed by atoms with Gasteiger partial charge in [0.25, 0.3) is 0 Å². The third-order valence-corrected chi connectivity index (χ3v) is 3.76. The number of anilines is 4. The van der Waals surface area contributed by atoms with Crippen LogP contribution in [0.5, 0.6) is 0 Å². The van der Waals surface area contributed by atoms with E-state index >= 15 is 0 Å². The van der Waals surface area contributed by atoms with Gasteiger partial charge in [0.15, 0.2) is 0 Å². The predicted octanol–water partition coefficient (Wildman–Crippen LogP) is 5.36. The van der Waals surface area contributed by atoms with Crippen molar-refractivity contribution < 1.29 is 0 Å². The van der Waals surface area contributed by atoms with Gasteiger partial charge < -0.3 is 10.6 Å². The second-order valence-electron chi connectivity index (χ2n) is 5.57. The molecule has 0 saturated heterocycles. The van der Waals surface area contributed by atoms with Gasteiger partial charge in [0.05, 0.1) is 11.4 Å². The quantitative estimate of drug-likeness (QED) is 0.658. The van der Waals surface area contributed by atoms with Crippen LogP contribution in [-0.4, -0.2) is 0 Å². The van der Waals surface area contributed by atoms with Gasteiger partial charge in [-0.3, -0.25) is 0 Å². The van der Waals surface area contributed by atoms with Crippen molar-refractivity contribution in [1.29, 1.82) is 0 Å². The molecule has 0 fully saturated rings. The first kappa shape index (κ1) is 14.2. The van der Waals surface area contributed by atoms with Crippen molar-refractivity contribution in [3.8, 4) is 0 Å². The van der Waals surface area contributed by atoms with Crippen molar-refractivity contribution in [2.45, 2.75) is 13.8 Å². The summed E-state index contributed by atoms with van der Waals surface area (Å²) in [6.45, 7) is 4.19. The minimum absolute atomic E-state index is 0.767. The van der Waals surface area contributed by atoms with Crippen molar-refractivity contribution in [3.63, 3.8) is 0 Å². The molecule has 2 nitrogen and oxygen atoms in total. The second kappa shape index (κ2) is 5.94. The summed E-state index contributed by atoms with van der Waals surface area (Å²) in [6.07, 6.45) is 0. The lowest BCUT2D eigenvalue weighted by Gasteiger charge is -2.26. The van der Waals surface area contributed by atoms with Gasteiger partial charge in [0, 0.05) is 11.4 Å². The molecule has 3 aromatic carbocycles. The molecule has 0 aliphatic rings. The largest absolute Gasteiger partial charge is 0.397 e.